The van der Waals surface area contributed by atoms with Crippen molar-refractivity contribution in [2.75, 3.05) is 5.32 Å². The SMILES string of the molecule is O=C(CCCCCn1c(=S)[nH]c2ccccc2c1=O)Nc1ccccc1O. The van der Waals surface area contributed by atoms with Gasteiger partial charge in [0.25, 0.3) is 5.56 Å². The fraction of sp³-hybridized carbons (Fsp3) is 0.250. The minimum absolute atomic E-state index is 0.0516. The molecule has 0 saturated carbocycles. The number of aromatic hydroxyl groups is 1. The maximum absolute atomic E-state index is 12.5. The molecule has 0 atom stereocenters. The number of nitrogens with zero attached hydrogens (tertiary/aromatic N) is 1. The number of carbonyl (C=O) groups is 1. The summed E-state index contributed by atoms with van der Waals surface area (Å²) in [7, 11) is 0. The number of phenolic OH excluding ortho intramolecular Hbond substituents is 1. The molecule has 1 heterocycles. The molecule has 2 aromatic carbocycles. The zero-order valence-corrected chi connectivity index (χ0v) is 15.6. The van der Waals surface area contributed by atoms with Crippen LogP contribution in [0, 0.1) is 4.77 Å². The summed E-state index contributed by atoms with van der Waals surface area (Å²) in [4.78, 5) is 27.6. The van der Waals surface area contributed by atoms with E-state index in [9.17, 15) is 14.7 Å². The van der Waals surface area contributed by atoms with Crippen molar-refractivity contribution in [2.24, 2.45) is 0 Å². The predicted molar refractivity (Wildman–Crippen MR) is 109 cm³/mol. The van der Waals surface area contributed by atoms with Gasteiger partial charge in [-0.25, -0.2) is 0 Å². The van der Waals surface area contributed by atoms with Crippen molar-refractivity contribution < 1.29 is 9.90 Å². The van der Waals surface area contributed by atoms with Gasteiger partial charge in [-0.2, -0.15) is 0 Å². The molecular formula is C20H21N3O3S. The van der Waals surface area contributed by atoms with E-state index in [2.05, 4.69) is 10.3 Å². The maximum atomic E-state index is 12.5. The Labute approximate surface area is 161 Å². The van der Waals surface area contributed by atoms with Crippen LogP contribution in [0.25, 0.3) is 10.9 Å². The van der Waals surface area contributed by atoms with E-state index < -0.39 is 0 Å². The number of rotatable bonds is 7. The van der Waals surface area contributed by atoms with E-state index in [1.165, 1.54) is 6.07 Å². The number of aromatic nitrogens is 2. The van der Waals surface area contributed by atoms with Crippen molar-refractivity contribution in [2.45, 2.75) is 32.2 Å². The van der Waals surface area contributed by atoms with Gasteiger partial charge in [0.15, 0.2) is 4.77 Å². The number of nitrogens with one attached hydrogen (secondary N) is 2. The zero-order chi connectivity index (χ0) is 19.2. The molecule has 7 heteroatoms. The molecule has 0 aliphatic rings. The Morgan fingerprint density at radius 3 is 2.63 bits per heavy atom. The Bertz CT molecular complexity index is 1070. The minimum atomic E-state index is -0.142. The summed E-state index contributed by atoms with van der Waals surface area (Å²) < 4.78 is 1.98. The van der Waals surface area contributed by atoms with Crippen LogP contribution in [0.4, 0.5) is 5.69 Å². The molecule has 0 fully saturated rings. The van der Waals surface area contributed by atoms with Gasteiger partial charge < -0.3 is 15.4 Å². The summed E-state index contributed by atoms with van der Waals surface area (Å²) in [5.41, 5.74) is 1.06. The van der Waals surface area contributed by atoms with Crippen LogP contribution in [0.5, 0.6) is 5.75 Å². The van der Waals surface area contributed by atoms with Crippen molar-refractivity contribution in [1.29, 1.82) is 0 Å². The molecule has 0 saturated heterocycles. The molecule has 140 valence electrons. The first-order chi connectivity index (χ1) is 13.1. The van der Waals surface area contributed by atoms with Crippen LogP contribution >= 0.6 is 12.2 Å². The summed E-state index contributed by atoms with van der Waals surface area (Å²) in [6.07, 6.45) is 2.59. The lowest BCUT2D eigenvalue weighted by Gasteiger charge is -2.09. The van der Waals surface area contributed by atoms with Gasteiger partial charge in [0, 0.05) is 13.0 Å². The predicted octanol–water partition coefficient (Wildman–Crippen LogP) is 3.96. The zero-order valence-electron chi connectivity index (χ0n) is 14.8. The van der Waals surface area contributed by atoms with Crippen molar-refractivity contribution in [3.63, 3.8) is 0 Å². The fourth-order valence-electron chi connectivity index (χ4n) is 2.93. The summed E-state index contributed by atoms with van der Waals surface area (Å²) in [6, 6.07) is 13.9. The van der Waals surface area contributed by atoms with Gasteiger partial charge in [0.05, 0.1) is 16.6 Å². The van der Waals surface area contributed by atoms with Crippen LogP contribution in [0.1, 0.15) is 25.7 Å². The van der Waals surface area contributed by atoms with Gasteiger partial charge in [0.2, 0.25) is 5.91 Å². The van der Waals surface area contributed by atoms with Gasteiger partial charge in [-0.05, 0) is 49.3 Å². The Morgan fingerprint density at radius 2 is 1.81 bits per heavy atom. The Hall–Kier alpha value is -2.93. The molecule has 3 rings (SSSR count). The van der Waals surface area contributed by atoms with Crippen LogP contribution in [0.3, 0.4) is 0 Å². The topological polar surface area (TPSA) is 87.1 Å². The summed E-state index contributed by atoms with van der Waals surface area (Å²) in [6.45, 7) is 0.514. The third-order valence-electron chi connectivity index (χ3n) is 4.35. The van der Waals surface area contributed by atoms with Crippen LogP contribution in [0.2, 0.25) is 0 Å². The van der Waals surface area contributed by atoms with Gasteiger partial charge >= 0.3 is 0 Å². The van der Waals surface area contributed by atoms with Gasteiger partial charge in [0.1, 0.15) is 5.75 Å². The van der Waals surface area contributed by atoms with Gasteiger partial charge in [-0.1, -0.05) is 30.7 Å². The molecule has 3 N–H and O–H groups in total. The number of para-hydroxylation sites is 3. The monoisotopic (exact) mass is 383 g/mol. The summed E-state index contributed by atoms with van der Waals surface area (Å²) >= 11 is 5.29. The van der Waals surface area contributed by atoms with E-state index in [-0.39, 0.29) is 17.2 Å². The van der Waals surface area contributed by atoms with E-state index >= 15 is 0 Å². The minimum Gasteiger partial charge on any atom is -0.506 e. The molecule has 27 heavy (non-hydrogen) atoms. The lowest BCUT2D eigenvalue weighted by Crippen LogP contribution is -2.22. The summed E-state index contributed by atoms with van der Waals surface area (Å²) in [5.74, 6) is -0.0904. The number of benzene rings is 2. The van der Waals surface area contributed by atoms with Crippen LogP contribution < -0.4 is 10.9 Å². The molecule has 6 nitrogen and oxygen atoms in total. The van der Waals surface area contributed by atoms with E-state index in [1.807, 2.05) is 18.2 Å². The number of H-pyrrole nitrogens is 1. The highest BCUT2D eigenvalue weighted by Crippen LogP contribution is 2.21. The molecule has 3 aromatic rings. The first kappa shape index (κ1) is 18.8. The standard InChI is InChI=1S/C20H21N3O3S/c24-17-11-6-5-10-16(17)21-18(25)12-2-1-7-13-23-19(26)14-8-3-4-9-15(14)22-20(23)27/h3-6,8-11,24H,1-2,7,12-13H2,(H,21,25)(H,22,27). The third kappa shape index (κ3) is 4.62. The molecule has 0 bridgehead atoms. The number of unbranched alkanes of at least 4 members (excludes halogenated alkanes) is 2. The molecule has 1 amide bonds. The van der Waals surface area contributed by atoms with Gasteiger partial charge in [-0.3, -0.25) is 14.2 Å². The number of hydrogen-bond donors (Lipinski definition) is 3. The largest absolute Gasteiger partial charge is 0.506 e. The lowest BCUT2D eigenvalue weighted by atomic mass is 10.1. The smallest absolute Gasteiger partial charge is 0.262 e. The van der Waals surface area contributed by atoms with Crippen molar-refractivity contribution in [1.82, 2.24) is 9.55 Å². The van der Waals surface area contributed by atoms with Crippen LogP contribution in [-0.2, 0) is 11.3 Å². The van der Waals surface area contributed by atoms with Crippen molar-refractivity contribution in [3.05, 3.63) is 63.7 Å². The molecular weight excluding hydrogens is 362 g/mol. The van der Waals surface area contributed by atoms with Gasteiger partial charge in [-0.15, -0.1) is 0 Å². The maximum Gasteiger partial charge on any atom is 0.262 e. The highest BCUT2D eigenvalue weighted by Gasteiger charge is 2.07. The first-order valence-corrected chi connectivity index (χ1v) is 9.27. The Kier molecular flexibility index (Phi) is 6.03. The lowest BCUT2D eigenvalue weighted by molar-refractivity contribution is -0.116. The van der Waals surface area contributed by atoms with E-state index in [1.54, 1.807) is 28.8 Å². The van der Waals surface area contributed by atoms with Crippen molar-refractivity contribution >= 4 is 34.7 Å². The second-order valence-corrected chi connectivity index (χ2v) is 6.70. The molecule has 1 aromatic heterocycles. The average molecular weight is 383 g/mol. The van der Waals surface area contributed by atoms with E-state index in [0.29, 0.717) is 35.2 Å². The molecule has 0 unspecified atom stereocenters. The molecule has 0 aliphatic heterocycles. The second kappa shape index (κ2) is 8.64. The number of fused-ring (bicyclic) bond motifs is 1. The number of aromatic amines is 1. The third-order valence-corrected chi connectivity index (χ3v) is 4.68. The fourth-order valence-corrected chi connectivity index (χ4v) is 3.21. The Balaban J connectivity index is 1.50. The summed E-state index contributed by atoms with van der Waals surface area (Å²) in [5, 5.41) is 13.0. The molecule has 0 aliphatic carbocycles. The van der Waals surface area contributed by atoms with E-state index in [0.717, 1.165) is 18.4 Å². The number of anilines is 1. The molecule has 0 spiro atoms. The average Bonchev–Trinajstić information content (AvgIpc) is 2.65. The first-order valence-electron chi connectivity index (χ1n) is 8.86. The number of amides is 1. The number of phenols is 1. The Morgan fingerprint density at radius 1 is 1.07 bits per heavy atom. The normalized spacial score (nSPS) is 10.8. The number of carbonyl (C=O) groups excluding carboxylic acids is 1. The highest BCUT2D eigenvalue weighted by atomic mass is 32.1. The second-order valence-electron chi connectivity index (χ2n) is 6.31. The van der Waals surface area contributed by atoms with Crippen molar-refractivity contribution in [3.8, 4) is 5.75 Å². The quantitative estimate of drug-likeness (QED) is 0.327. The highest BCUT2D eigenvalue weighted by molar-refractivity contribution is 7.71. The van der Waals surface area contributed by atoms with E-state index in [4.69, 9.17) is 12.2 Å². The van der Waals surface area contributed by atoms with Crippen LogP contribution in [0.15, 0.2) is 53.3 Å². The number of hydrogen-bond acceptors (Lipinski definition) is 4. The van der Waals surface area contributed by atoms with Crippen LogP contribution in [-0.4, -0.2) is 20.6 Å². The molecule has 0 radical (unpaired) electrons.